The van der Waals surface area contributed by atoms with Crippen LogP contribution in [-0.2, 0) is 23.8 Å². The number of hydrogen-bond acceptors (Lipinski definition) is 6. The Morgan fingerprint density at radius 3 is 2.61 bits per heavy atom. The molecule has 3 fully saturated rings. The van der Waals surface area contributed by atoms with Crippen molar-refractivity contribution < 1.29 is 28.9 Å². The summed E-state index contributed by atoms with van der Waals surface area (Å²) in [6.45, 7) is 4.01. The van der Waals surface area contributed by atoms with Crippen LogP contribution in [0.3, 0.4) is 0 Å². The van der Waals surface area contributed by atoms with Crippen LogP contribution in [-0.4, -0.2) is 42.7 Å². The van der Waals surface area contributed by atoms with Gasteiger partial charge >= 0.3 is 11.9 Å². The predicted molar refractivity (Wildman–Crippen MR) is 77.9 cm³/mol. The minimum absolute atomic E-state index is 0.128. The van der Waals surface area contributed by atoms with Crippen LogP contribution >= 0.6 is 0 Å². The van der Waals surface area contributed by atoms with E-state index in [1.807, 2.05) is 6.92 Å². The smallest absolute Gasteiger partial charge is 0.333 e. The first-order valence-corrected chi connectivity index (χ1v) is 8.17. The third-order valence-electron chi connectivity index (χ3n) is 6.56. The number of carbonyl (C=O) groups is 2. The summed E-state index contributed by atoms with van der Waals surface area (Å²) in [6.07, 6.45) is 1.65. The largest absolute Gasteiger partial charge is 0.459 e. The van der Waals surface area contributed by atoms with Gasteiger partial charge in [0.15, 0.2) is 0 Å². The molecule has 4 aliphatic rings. The van der Waals surface area contributed by atoms with E-state index < -0.39 is 35.8 Å². The van der Waals surface area contributed by atoms with Gasteiger partial charge in [0.05, 0.1) is 11.3 Å². The van der Waals surface area contributed by atoms with Crippen molar-refractivity contribution in [1.82, 2.24) is 0 Å². The maximum atomic E-state index is 12.5. The molecule has 2 aliphatic carbocycles. The van der Waals surface area contributed by atoms with Gasteiger partial charge in [0.2, 0.25) is 6.29 Å². The molecule has 0 radical (unpaired) electrons. The lowest BCUT2D eigenvalue weighted by molar-refractivity contribution is -0.211. The molecule has 7 atom stereocenters. The molecule has 2 heterocycles. The number of rotatable bonds is 1. The molecule has 6 nitrogen and oxygen atoms in total. The van der Waals surface area contributed by atoms with Crippen LogP contribution in [0.4, 0.5) is 0 Å². The zero-order valence-corrected chi connectivity index (χ0v) is 13.6. The van der Waals surface area contributed by atoms with Gasteiger partial charge in [0, 0.05) is 19.1 Å². The molecular formula is C17H22O6. The maximum Gasteiger partial charge on any atom is 0.333 e. The monoisotopic (exact) mass is 322 g/mol. The topological polar surface area (TPSA) is 82.1 Å². The Bertz CT molecular complexity index is 612. The molecule has 1 N–H and O–H groups in total. The van der Waals surface area contributed by atoms with Crippen molar-refractivity contribution in [2.24, 2.45) is 22.7 Å². The van der Waals surface area contributed by atoms with E-state index in [0.717, 1.165) is 24.8 Å². The van der Waals surface area contributed by atoms with E-state index in [-0.39, 0.29) is 17.3 Å². The fraction of sp³-hybridized carbons (Fsp3) is 0.765. The summed E-state index contributed by atoms with van der Waals surface area (Å²) in [5.74, 6) is -1.31. The Kier molecular flexibility index (Phi) is 3.01. The second-order valence-corrected chi connectivity index (χ2v) is 7.69. The molecule has 6 heteroatoms. The van der Waals surface area contributed by atoms with Gasteiger partial charge < -0.3 is 19.3 Å². The van der Waals surface area contributed by atoms with E-state index in [1.165, 1.54) is 13.2 Å². The quantitative estimate of drug-likeness (QED) is 0.730. The van der Waals surface area contributed by atoms with Crippen LogP contribution in [0.15, 0.2) is 11.6 Å². The zero-order valence-electron chi connectivity index (χ0n) is 13.6. The number of cyclic esters (lactones) is 1. The summed E-state index contributed by atoms with van der Waals surface area (Å²) in [6, 6.07) is 0. The van der Waals surface area contributed by atoms with Crippen LogP contribution in [0.1, 0.15) is 33.1 Å². The zero-order chi connectivity index (χ0) is 16.6. The van der Waals surface area contributed by atoms with Crippen LogP contribution in [0.2, 0.25) is 0 Å². The van der Waals surface area contributed by atoms with Crippen LogP contribution < -0.4 is 0 Å². The molecule has 2 saturated carbocycles. The highest BCUT2D eigenvalue weighted by atomic mass is 16.7. The van der Waals surface area contributed by atoms with Gasteiger partial charge in [-0.15, -0.1) is 0 Å². The Morgan fingerprint density at radius 2 is 1.91 bits per heavy atom. The first-order chi connectivity index (χ1) is 10.8. The fourth-order valence-corrected chi connectivity index (χ4v) is 5.59. The molecule has 0 spiro atoms. The van der Waals surface area contributed by atoms with Crippen molar-refractivity contribution in [3.8, 4) is 0 Å². The van der Waals surface area contributed by atoms with Crippen molar-refractivity contribution >= 4 is 11.9 Å². The summed E-state index contributed by atoms with van der Waals surface area (Å²) in [5.41, 5.74) is -0.128. The summed E-state index contributed by atoms with van der Waals surface area (Å²) in [7, 11) is 1.45. The number of aliphatic hydroxyl groups excluding tert-OH is 1. The average Bonchev–Trinajstić information content (AvgIpc) is 2.78. The van der Waals surface area contributed by atoms with Gasteiger partial charge in [0.1, 0.15) is 12.2 Å². The molecule has 0 bridgehead atoms. The van der Waals surface area contributed by atoms with Gasteiger partial charge in [-0.1, -0.05) is 13.3 Å². The van der Waals surface area contributed by atoms with Crippen molar-refractivity contribution in [2.75, 3.05) is 7.11 Å². The maximum absolute atomic E-state index is 12.5. The first kappa shape index (κ1) is 15.1. The number of aliphatic hydroxyl groups is 1. The fourth-order valence-electron chi connectivity index (χ4n) is 5.59. The lowest BCUT2D eigenvalue weighted by Gasteiger charge is -2.56. The summed E-state index contributed by atoms with van der Waals surface area (Å²) in [4.78, 5) is 24.5. The molecule has 126 valence electrons. The third-order valence-corrected chi connectivity index (χ3v) is 6.56. The molecule has 0 aromatic carbocycles. The number of carbonyl (C=O) groups excluding carboxylic acids is 2. The second kappa shape index (κ2) is 4.57. The van der Waals surface area contributed by atoms with Gasteiger partial charge in [-0.25, -0.2) is 4.79 Å². The van der Waals surface area contributed by atoms with Crippen LogP contribution in [0, 0.1) is 22.7 Å². The third kappa shape index (κ3) is 1.71. The number of fused-ring (bicyclic) bond motifs is 2. The Morgan fingerprint density at radius 1 is 1.22 bits per heavy atom. The lowest BCUT2D eigenvalue weighted by Crippen LogP contribution is -2.61. The van der Waals surface area contributed by atoms with Crippen molar-refractivity contribution in [3.05, 3.63) is 11.6 Å². The number of hydrogen-bond donors (Lipinski definition) is 1. The highest BCUT2D eigenvalue weighted by molar-refractivity contribution is 5.85. The molecule has 23 heavy (non-hydrogen) atoms. The molecule has 0 aromatic heterocycles. The van der Waals surface area contributed by atoms with E-state index in [9.17, 15) is 14.7 Å². The predicted octanol–water partition coefficient (Wildman–Crippen LogP) is 1.17. The van der Waals surface area contributed by atoms with Gasteiger partial charge in [-0.3, -0.25) is 4.79 Å². The highest BCUT2D eigenvalue weighted by Crippen LogP contribution is 2.65. The van der Waals surface area contributed by atoms with E-state index >= 15 is 0 Å². The molecular weight excluding hydrogens is 300 g/mol. The Balaban J connectivity index is 1.89. The van der Waals surface area contributed by atoms with E-state index in [0.29, 0.717) is 0 Å². The van der Waals surface area contributed by atoms with E-state index in [2.05, 4.69) is 6.92 Å². The van der Waals surface area contributed by atoms with Crippen molar-refractivity contribution in [1.29, 1.82) is 0 Å². The highest BCUT2D eigenvalue weighted by Gasteiger charge is 2.70. The summed E-state index contributed by atoms with van der Waals surface area (Å²) < 4.78 is 16.1. The molecule has 4 rings (SSSR count). The van der Waals surface area contributed by atoms with Gasteiger partial charge in [-0.05, 0) is 30.8 Å². The summed E-state index contributed by atoms with van der Waals surface area (Å²) in [5, 5.41) is 10.9. The summed E-state index contributed by atoms with van der Waals surface area (Å²) >= 11 is 0. The van der Waals surface area contributed by atoms with Crippen molar-refractivity contribution in [3.63, 3.8) is 0 Å². The van der Waals surface area contributed by atoms with Crippen LogP contribution in [0.5, 0.6) is 0 Å². The molecule has 2 aliphatic heterocycles. The second-order valence-electron chi connectivity index (χ2n) is 7.69. The Hall–Kier alpha value is -1.40. The van der Waals surface area contributed by atoms with Gasteiger partial charge in [0.25, 0.3) is 0 Å². The number of esters is 2. The molecule has 1 saturated heterocycles. The first-order valence-electron chi connectivity index (χ1n) is 8.17. The standard InChI is InChI=1S/C17H22O6/c1-16-5-4-6-17(2)13(16)12(23-15(17)20)11(19)10-8(16)7-9(18)22-14(10)21-3/h7,10-14,19H,4-6H2,1-3H3/t10-,11?,12-,13-,14?,16-,17?/m1/s1. The normalized spacial score (nSPS) is 51.3. The lowest BCUT2D eigenvalue weighted by atomic mass is 9.47. The van der Waals surface area contributed by atoms with Crippen LogP contribution in [0.25, 0.3) is 0 Å². The molecule has 0 aromatic rings. The van der Waals surface area contributed by atoms with Crippen molar-refractivity contribution in [2.45, 2.75) is 51.6 Å². The Labute approximate surface area is 134 Å². The minimum atomic E-state index is -0.929. The van der Waals surface area contributed by atoms with E-state index in [4.69, 9.17) is 14.2 Å². The number of ether oxygens (including phenoxy) is 3. The molecule has 0 amide bonds. The van der Waals surface area contributed by atoms with Gasteiger partial charge in [-0.2, -0.15) is 0 Å². The molecule has 3 unspecified atom stereocenters. The number of methoxy groups -OCH3 is 1. The van der Waals surface area contributed by atoms with E-state index in [1.54, 1.807) is 0 Å². The SMILES string of the molecule is COC1OC(=O)C=C2[C@@H]1C(O)[C@H]1OC(=O)C3(C)CCC[C@@]2(C)[C@@H]13. The minimum Gasteiger partial charge on any atom is -0.459 e. The average molecular weight is 322 g/mol.